The van der Waals surface area contributed by atoms with Gasteiger partial charge < -0.3 is 5.73 Å². The Hall–Kier alpha value is -0.770. The van der Waals surface area contributed by atoms with Crippen LogP contribution in [0.25, 0.3) is 0 Å². The molecule has 0 aliphatic heterocycles. The Balaban J connectivity index is 3.50. The first kappa shape index (κ1) is 8.23. The first-order valence-corrected chi connectivity index (χ1v) is 2.74. The first-order chi connectivity index (χ1) is 4.04. The molecule has 2 N–H and O–H groups in total. The first-order valence-electron chi connectivity index (χ1n) is 2.74. The molecule has 4 heteroatoms. The van der Waals surface area contributed by atoms with Gasteiger partial charge in [-0.05, 0) is 13.8 Å². The van der Waals surface area contributed by atoms with Crippen molar-refractivity contribution in [3.63, 3.8) is 0 Å². The highest BCUT2D eigenvalue weighted by Crippen LogP contribution is 1.91. The lowest BCUT2D eigenvalue weighted by Crippen LogP contribution is -2.34. The summed E-state index contributed by atoms with van der Waals surface area (Å²) < 4.78 is 0. The molecule has 0 aromatic rings. The molecule has 0 aliphatic carbocycles. The topological polar surface area (TPSA) is 55.6 Å². The van der Waals surface area contributed by atoms with Crippen LogP contribution in [0.4, 0.5) is 4.79 Å². The SMILES string of the molecule is CC(C)ON(C)C(N)=O. The van der Waals surface area contributed by atoms with Gasteiger partial charge in [0.2, 0.25) is 0 Å². The smallest absolute Gasteiger partial charge is 0.338 e. The Morgan fingerprint density at radius 3 is 2.22 bits per heavy atom. The molecule has 0 heterocycles. The average molecular weight is 132 g/mol. The third-order valence-corrected chi connectivity index (χ3v) is 0.679. The van der Waals surface area contributed by atoms with Crippen molar-refractivity contribution in [3.8, 4) is 0 Å². The molecule has 0 fully saturated rings. The van der Waals surface area contributed by atoms with Crippen molar-refractivity contribution in [3.05, 3.63) is 0 Å². The number of hydrogen-bond acceptors (Lipinski definition) is 2. The fourth-order valence-electron chi connectivity index (χ4n) is 0.368. The third-order valence-electron chi connectivity index (χ3n) is 0.679. The molecule has 0 aromatic carbocycles. The van der Waals surface area contributed by atoms with E-state index in [1.165, 1.54) is 7.05 Å². The molecular weight excluding hydrogens is 120 g/mol. The van der Waals surface area contributed by atoms with Crippen LogP contribution in [0.15, 0.2) is 0 Å². The fourth-order valence-corrected chi connectivity index (χ4v) is 0.368. The van der Waals surface area contributed by atoms with Crippen molar-refractivity contribution in [2.45, 2.75) is 20.0 Å². The maximum atomic E-state index is 10.3. The van der Waals surface area contributed by atoms with E-state index >= 15 is 0 Å². The molecule has 0 rings (SSSR count). The second kappa shape index (κ2) is 3.29. The number of nitrogens with two attached hydrogens (primary N) is 1. The Morgan fingerprint density at radius 2 is 2.11 bits per heavy atom. The van der Waals surface area contributed by atoms with Gasteiger partial charge >= 0.3 is 6.03 Å². The van der Waals surface area contributed by atoms with Crippen LogP contribution in [0, 0.1) is 0 Å². The van der Waals surface area contributed by atoms with Gasteiger partial charge in [0.25, 0.3) is 0 Å². The minimum Gasteiger partial charge on any atom is -0.350 e. The van der Waals surface area contributed by atoms with E-state index in [2.05, 4.69) is 0 Å². The lowest BCUT2D eigenvalue weighted by molar-refractivity contribution is -0.128. The van der Waals surface area contributed by atoms with Gasteiger partial charge in [-0.15, -0.1) is 0 Å². The molecule has 4 nitrogen and oxygen atoms in total. The highest BCUT2D eigenvalue weighted by Gasteiger charge is 2.03. The minimum absolute atomic E-state index is 0.0116. The summed E-state index contributed by atoms with van der Waals surface area (Å²) in [6.45, 7) is 3.64. The van der Waals surface area contributed by atoms with E-state index in [0.717, 1.165) is 5.06 Å². The van der Waals surface area contributed by atoms with Gasteiger partial charge in [0.05, 0.1) is 6.10 Å². The second-order valence-corrected chi connectivity index (χ2v) is 1.99. The highest BCUT2D eigenvalue weighted by atomic mass is 16.7. The van der Waals surface area contributed by atoms with Crippen molar-refractivity contribution in [1.82, 2.24) is 5.06 Å². The van der Waals surface area contributed by atoms with E-state index < -0.39 is 6.03 Å². The number of hydrogen-bond donors (Lipinski definition) is 1. The van der Waals surface area contributed by atoms with Crippen LogP contribution in [0.1, 0.15) is 13.8 Å². The van der Waals surface area contributed by atoms with E-state index in [1.54, 1.807) is 0 Å². The van der Waals surface area contributed by atoms with Gasteiger partial charge in [0.15, 0.2) is 0 Å². The molecule has 0 spiro atoms. The molecule has 0 aliphatic rings. The van der Waals surface area contributed by atoms with Gasteiger partial charge in [0.1, 0.15) is 0 Å². The van der Waals surface area contributed by atoms with Crippen molar-refractivity contribution in [2.75, 3.05) is 7.05 Å². The number of carbonyl (C=O) groups excluding carboxylic acids is 1. The van der Waals surface area contributed by atoms with E-state index in [-0.39, 0.29) is 6.10 Å². The third kappa shape index (κ3) is 3.78. The summed E-state index contributed by atoms with van der Waals surface area (Å²) in [6, 6.07) is -0.580. The predicted molar refractivity (Wildman–Crippen MR) is 33.6 cm³/mol. The van der Waals surface area contributed by atoms with Gasteiger partial charge in [-0.25, -0.2) is 9.86 Å². The second-order valence-electron chi connectivity index (χ2n) is 1.99. The summed E-state index contributed by atoms with van der Waals surface area (Å²) >= 11 is 0. The van der Waals surface area contributed by atoms with Gasteiger partial charge in [-0.2, -0.15) is 0 Å². The number of urea groups is 1. The summed E-state index contributed by atoms with van der Waals surface area (Å²) in [5.74, 6) is 0. The fraction of sp³-hybridized carbons (Fsp3) is 0.800. The predicted octanol–water partition coefficient (Wildman–Crippen LogP) is 0.337. The lowest BCUT2D eigenvalue weighted by atomic mass is 10.5. The Kier molecular flexibility index (Phi) is 3.01. The van der Waals surface area contributed by atoms with E-state index in [1.807, 2.05) is 13.8 Å². The number of carbonyl (C=O) groups is 1. The summed E-state index contributed by atoms with van der Waals surface area (Å²) in [5.41, 5.74) is 4.85. The molecule has 0 aromatic heterocycles. The zero-order valence-corrected chi connectivity index (χ0v) is 5.92. The van der Waals surface area contributed by atoms with Crippen molar-refractivity contribution in [2.24, 2.45) is 5.73 Å². The normalized spacial score (nSPS) is 9.78. The molecule has 2 amide bonds. The van der Waals surface area contributed by atoms with Crippen LogP contribution in [-0.2, 0) is 4.84 Å². The molecule has 0 saturated heterocycles. The molecule has 54 valence electrons. The van der Waals surface area contributed by atoms with Crippen molar-refractivity contribution in [1.29, 1.82) is 0 Å². The van der Waals surface area contributed by atoms with Crippen molar-refractivity contribution < 1.29 is 9.63 Å². The maximum absolute atomic E-state index is 10.3. The maximum Gasteiger partial charge on any atom is 0.338 e. The molecule has 0 saturated carbocycles. The summed E-state index contributed by atoms with van der Waals surface area (Å²) in [4.78, 5) is 15.1. The average Bonchev–Trinajstić information content (AvgIpc) is 1.63. The lowest BCUT2D eigenvalue weighted by Gasteiger charge is -2.15. The number of nitrogens with zero attached hydrogens (tertiary/aromatic N) is 1. The van der Waals surface area contributed by atoms with E-state index in [4.69, 9.17) is 10.6 Å². The monoisotopic (exact) mass is 132 g/mol. The Morgan fingerprint density at radius 1 is 1.67 bits per heavy atom. The Labute approximate surface area is 54.5 Å². The van der Waals surface area contributed by atoms with Crippen LogP contribution in [0.2, 0.25) is 0 Å². The van der Waals surface area contributed by atoms with Crippen LogP contribution in [0.5, 0.6) is 0 Å². The molecule has 0 atom stereocenters. The number of rotatable bonds is 2. The van der Waals surface area contributed by atoms with Crippen LogP contribution < -0.4 is 5.73 Å². The zero-order chi connectivity index (χ0) is 7.44. The van der Waals surface area contributed by atoms with Crippen LogP contribution in [0.3, 0.4) is 0 Å². The Bertz CT molecular complexity index is 103. The number of primary amides is 1. The number of amides is 2. The highest BCUT2D eigenvalue weighted by molar-refractivity contribution is 5.70. The molecule has 0 radical (unpaired) electrons. The van der Waals surface area contributed by atoms with Gasteiger partial charge in [-0.1, -0.05) is 0 Å². The summed E-state index contributed by atoms with van der Waals surface area (Å²) in [7, 11) is 1.47. The standard InChI is InChI=1S/C5H12N2O2/c1-4(2)9-7(3)5(6)8/h4H,1-3H3,(H2,6,8). The van der Waals surface area contributed by atoms with Gasteiger partial charge in [-0.3, -0.25) is 4.84 Å². The summed E-state index contributed by atoms with van der Waals surface area (Å²) in [5, 5.41) is 1.00. The minimum atomic E-state index is -0.580. The molecular formula is C5H12N2O2. The molecule has 0 bridgehead atoms. The van der Waals surface area contributed by atoms with Gasteiger partial charge in [0, 0.05) is 7.05 Å². The quantitative estimate of drug-likeness (QED) is 0.551. The van der Waals surface area contributed by atoms with Crippen LogP contribution >= 0.6 is 0 Å². The van der Waals surface area contributed by atoms with E-state index in [0.29, 0.717) is 0 Å². The largest absolute Gasteiger partial charge is 0.350 e. The zero-order valence-electron chi connectivity index (χ0n) is 5.92. The van der Waals surface area contributed by atoms with E-state index in [9.17, 15) is 4.79 Å². The molecule has 0 unspecified atom stereocenters. The van der Waals surface area contributed by atoms with Crippen LogP contribution in [-0.4, -0.2) is 24.2 Å². The molecule has 9 heavy (non-hydrogen) atoms. The van der Waals surface area contributed by atoms with Crippen molar-refractivity contribution >= 4 is 6.03 Å². The summed E-state index contributed by atoms with van der Waals surface area (Å²) in [6.07, 6.45) is -0.0116. The number of hydroxylamine groups is 2.